The van der Waals surface area contributed by atoms with Crippen molar-refractivity contribution in [3.8, 4) is 0 Å². The lowest BCUT2D eigenvalue weighted by atomic mass is 10.1. The summed E-state index contributed by atoms with van der Waals surface area (Å²) in [6, 6.07) is 1.39. The summed E-state index contributed by atoms with van der Waals surface area (Å²) in [4.78, 5) is 2.54. The van der Waals surface area contributed by atoms with E-state index in [4.69, 9.17) is 4.74 Å². The first-order valence-corrected chi connectivity index (χ1v) is 5.74. The van der Waals surface area contributed by atoms with Gasteiger partial charge in [-0.15, -0.1) is 0 Å². The van der Waals surface area contributed by atoms with E-state index in [1.165, 1.54) is 25.8 Å². The zero-order valence-corrected chi connectivity index (χ0v) is 9.33. The van der Waals surface area contributed by atoms with Crippen molar-refractivity contribution in [3.63, 3.8) is 0 Å². The predicted molar refractivity (Wildman–Crippen MR) is 57.4 cm³/mol. The molecular formula is C11H22N2O. The Labute approximate surface area is 86.8 Å². The fourth-order valence-electron chi connectivity index (χ4n) is 2.50. The van der Waals surface area contributed by atoms with Gasteiger partial charge in [0.25, 0.3) is 0 Å². The van der Waals surface area contributed by atoms with Gasteiger partial charge in [-0.2, -0.15) is 0 Å². The lowest BCUT2D eigenvalue weighted by Gasteiger charge is -2.32. The lowest BCUT2D eigenvalue weighted by Crippen LogP contribution is -2.44. The highest BCUT2D eigenvalue weighted by molar-refractivity contribution is 4.91. The van der Waals surface area contributed by atoms with Crippen molar-refractivity contribution >= 4 is 0 Å². The van der Waals surface area contributed by atoms with Crippen LogP contribution >= 0.6 is 0 Å². The van der Waals surface area contributed by atoms with E-state index in [1.54, 1.807) is 0 Å². The molecule has 82 valence electrons. The molecule has 3 heteroatoms. The number of methoxy groups -OCH3 is 1. The Hall–Kier alpha value is -0.120. The molecule has 0 bridgehead atoms. The molecule has 3 nitrogen and oxygen atoms in total. The van der Waals surface area contributed by atoms with Gasteiger partial charge in [-0.1, -0.05) is 0 Å². The van der Waals surface area contributed by atoms with Gasteiger partial charge in [0.1, 0.15) is 0 Å². The minimum Gasteiger partial charge on any atom is -0.383 e. The molecule has 14 heavy (non-hydrogen) atoms. The summed E-state index contributed by atoms with van der Waals surface area (Å²) < 4.78 is 5.32. The highest BCUT2D eigenvalue weighted by Gasteiger charge is 2.36. The fourth-order valence-corrected chi connectivity index (χ4v) is 2.50. The minimum absolute atomic E-state index is 0.657. The minimum atomic E-state index is 0.657. The zero-order chi connectivity index (χ0) is 9.97. The van der Waals surface area contributed by atoms with Crippen LogP contribution in [0.5, 0.6) is 0 Å². The second-order valence-electron chi connectivity index (χ2n) is 4.67. The van der Waals surface area contributed by atoms with Gasteiger partial charge < -0.3 is 10.1 Å². The van der Waals surface area contributed by atoms with Crippen LogP contribution in [0.25, 0.3) is 0 Å². The summed E-state index contributed by atoms with van der Waals surface area (Å²) in [5.41, 5.74) is 0. The van der Waals surface area contributed by atoms with E-state index in [0.29, 0.717) is 6.04 Å². The Morgan fingerprint density at radius 3 is 2.71 bits per heavy atom. The number of likely N-dealkylation sites (N-methyl/N-ethyl adjacent to an activating group) is 1. The third-order valence-corrected chi connectivity index (χ3v) is 3.64. The van der Waals surface area contributed by atoms with Gasteiger partial charge in [-0.05, 0) is 38.8 Å². The van der Waals surface area contributed by atoms with Crippen molar-refractivity contribution in [2.24, 2.45) is 5.92 Å². The van der Waals surface area contributed by atoms with E-state index < -0.39 is 0 Å². The molecule has 0 radical (unpaired) electrons. The van der Waals surface area contributed by atoms with E-state index in [-0.39, 0.29) is 0 Å². The van der Waals surface area contributed by atoms with Crippen LogP contribution in [0.2, 0.25) is 0 Å². The summed E-state index contributed by atoms with van der Waals surface area (Å²) in [6.07, 6.45) is 4.10. The number of nitrogens with zero attached hydrogens (tertiary/aromatic N) is 1. The SMILES string of the molecule is COCC(C1CC1)N(C)C1CCNC1. The van der Waals surface area contributed by atoms with Crippen molar-refractivity contribution in [1.29, 1.82) is 0 Å². The van der Waals surface area contributed by atoms with Crippen LogP contribution in [0.3, 0.4) is 0 Å². The molecule has 0 aromatic rings. The van der Waals surface area contributed by atoms with Crippen LogP contribution in [0.1, 0.15) is 19.3 Å². The normalized spacial score (nSPS) is 29.8. The van der Waals surface area contributed by atoms with Gasteiger partial charge in [-0.25, -0.2) is 0 Å². The van der Waals surface area contributed by atoms with Crippen LogP contribution in [0.15, 0.2) is 0 Å². The summed E-state index contributed by atoms with van der Waals surface area (Å²) >= 11 is 0. The largest absolute Gasteiger partial charge is 0.383 e. The third-order valence-electron chi connectivity index (χ3n) is 3.64. The molecule has 1 heterocycles. The third kappa shape index (κ3) is 2.27. The van der Waals surface area contributed by atoms with Crippen molar-refractivity contribution in [3.05, 3.63) is 0 Å². The van der Waals surface area contributed by atoms with Crippen molar-refractivity contribution < 1.29 is 4.74 Å². The summed E-state index contributed by atoms with van der Waals surface area (Å²) in [5, 5.41) is 3.43. The molecule has 0 aromatic carbocycles. The average molecular weight is 198 g/mol. The number of ether oxygens (including phenoxy) is 1. The number of hydrogen-bond acceptors (Lipinski definition) is 3. The smallest absolute Gasteiger partial charge is 0.0620 e. The molecule has 2 unspecified atom stereocenters. The number of rotatable bonds is 5. The molecule has 0 spiro atoms. The maximum atomic E-state index is 5.32. The highest BCUT2D eigenvalue weighted by atomic mass is 16.5. The molecule has 1 aliphatic carbocycles. The van der Waals surface area contributed by atoms with Crippen LogP contribution in [0, 0.1) is 5.92 Å². The highest BCUT2D eigenvalue weighted by Crippen LogP contribution is 2.36. The standard InChI is InChI=1S/C11H22N2O/c1-13(10-5-6-12-7-10)11(8-14-2)9-3-4-9/h9-12H,3-8H2,1-2H3. The Morgan fingerprint density at radius 2 is 2.21 bits per heavy atom. The van der Waals surface area contributed by atoms with Gasteiger partial charge in [0.15, 0.2) is 0 Å². The summed E-state index contributed by atoms with van der Waals surface area (Å²) in [6.45, 7) is 3.24. The maximum Gasteiger partial charge on any atom is 0.0620 e. The topological polar surface area (TPSA) is 24.5 Å². The van der Waals surface area contributed by atoms with Gasteiger partial charge in [0.05, 0.1) is 6.61 Å². The zero-order valence-electron chi connectivity index (χ0n) is 9.33. The van der Waals surface area contributed by atoms with Crippen LogP contribution in [-0.4, -0.2) is 50.8 Å². The molecule has 1 N–H and O–H groups in total. The van der Waals surface area contributed by atoms with Gasteiger partial charge in [0, 0.05) is 25.7 Å². The number of nitrogens with one attached hydrogen (secondary N) is 1. The molecule has 0 aromatic heterocycles. The van der Waals surface area contributed by atoms with Crippen molar-refractivity contribution in [1.82, 2.24) is 10.2 Å². The van der Waals surface area contributed by atoms with Crippen molar-refractivity contribution in [2.45, 2.75) is 31.3 Å². The molecule has 1 saturated carbocycles. The van der Waals surface area contributed by atoms with Crippen LogP contribution in [0.4, 0.5) is 0 Å². The molecule has 2 atom stereocenters. The Morgan fingerprint density at radius 1 is 1.43 bits per heavy atom. The first-order valence-electron chi connectivity index (χ1n) is 5.74. The summed E-state index contributed by atoms with van der Waals surface area (Å²) in [7, 11) is 4.08. The van der Waals surface area contributed by atoms with Gasteiger partial charge in [0.2, 0.25) is 0 Å². The predicted octanol–water partition coefficient (Wildman–Crippen LogP) is 0.705. The van der Waals surface area contributed by atoms with Crippen LogP contribution < -0.4 is 5.32 Å². The fraction of sp³-hybridized carbons (Fsp3) is 1.00. The van der Waals surface area contributed by atoms with E-state index in [2.05, 4.69) is 17.3 Å². The van der Waals surface area contributed by atoms with E-state index in [1.807, 2.05) is 7.11 Å². The van der Waals surface area contributed by atoms with Gasteiger partial charge >= 0.3 is 0 Å². The first-order chi connectivity index (χ1) is 6.83. The Bertz CT molecular complexity index is 176. The van der Waals surface area contributed by atoms with Crippen molar-refractivity contribution in [2.75, 3.05) is 33.9 Å². The monoisotopic (exact) mass is 198 g/mol. The van der Waals surface area contributed by atoms with E-state index in [9.17, 15) is 0 Å². The molecule has 1 saturated heterocycles. The molecule has 1 aliphatic heterocycles. The Kier molecular flexibility index (Phi) is 3.42. The van der Waals surface area contributed by atoms with E-state index in [0.717, 1.165) is 25.1 Å². The second-order valence-corrected chi connectivity index (χ2v) is 4.67. The van der Waals surface area contributed by atoms with E-state index >= 15 is 0 Å². The summed E-state index contributed by atoms with van der Waals surface area (Å²) in [5.74, 6) is 0.903. The average Bonchev–Trinajstić information content (AvgIpc) is 2.88. The molecular weight excluding hydrogens is 176 g/mol. The first kappa shape index (κ1) is 10.4. The molecule has 2 rings (SSSR count). The maximum absolute atomic E-state index is 5.32. The molecule has 2 fully saturated rings. The molecule has 0 amide bonds. The van der Waals surface area contributed by atoms with Crippen LogP contribution in [-0.2, 0) is 4.74 Å². The Balaban J connectivity index is 1.87. The van der Waals surface area contributed by atoms with Gasteiger partial charge in [-0.3, -0.25) is 4.90 Å². The quantitative estimate of drug-likeness (QED) is 0.704. The number of hydrogen-bond donors (Lipinski definition) is 1. The molecule has 2 aliphatic rings. The second kappa shape index (κ2) is 4.60. The lowest BCUT2D eigenvalue weighted by molar-refractivity contribution is 0.0725.